The molecule has 0 radical (unpaired) electrons. The van der Waals surface area contributed by atoms with Crippen LogP contribution in [0.25, 0.3) is 0 Å². The SMILES string of the molecule is NC[C@@H](O)CN1C(=O)c2ccccc2C1=O. The van der Waals surface area contributed by atoms with E-state index in [4.69, 9.17) is 5.73 Å². The van der Waals surface area contributed by atoms with Crippen molar-refractivity contribution >= 4 is 11.8 Å². The van der Waals surface area contributed by atoms with Crippen LogP contribution in [0.15, 0.2) is 24.3 Å². The molecule has 3 N–H and O–H groups in total. The van der Waals surface area contributed by atoms with Crippen LogP contribution in [-0.4, -0.2) is 41.0 Å². The minimum Gasteiger partial charge on any atom is -0.390 e. The third-order valence-electron chi connectivity index (χ3n) is 2.54. The molecule has 2 rings (SSSR count). The standard InChI is InChI=1S/C11H12N2O3/c12-5-7(14)6-13-10(15)8-3-1-2-4-9(8)11(13)16/h1-4,7,14H,5-6,12H2/t7-/m1/s1. The van der Waals surface area contributed by atoms with Crippen molar-refractivity contribution in [2.75, 3.05) is 13.1 Å². The summed E-state index contributed by atoms with van der Waals surface area (Å²) in [5.41, 5.74) is 6.02. The van der Waals surface area contributed by atoms with Crippen LogP contribution in [0.1, 0.15) is 20.7 Å². The molecule has 5 nitrogen and oxygen atoms in total. The minimum absolute atomic E-state index is 0.0212. The maximum Gasteiger partial charge on any atom is 0.261 e. The number of hydrogen-bond donors (Lipinski definition) is 2. The first kappa shape index (κ1) is 10.8. The fourth-order valence-electron chi connectivity index (χ4n) is 1.69. The molecule has 84 valence electrons. The third kappa shape index (κ3) is 1.60. The van der Waals surface area contributed by atoms with Gasteiger partial charge in [0, 0.05) is 6.54 Å². The Labute approximate surface area is 92.5 Å². The molecule has 0 saturated heterocycles. The second-order valence-electron chi connectivity index (χ2n) is 3.66. The first-order valence-corrected chi connectivity index (χ1v) is 4.98. The first-order valence-electron chi connectivity index (χ1n) is 4.98. The van der Waals surface area contributed by atoms with E-state index < -0.39 is 6.10 Å². The third-order valence-corrected chi connectivity index (χ3v) is 2.54. The lowest BCUT2D eigenvalue weighted by molar-refractivity contribution is 0.0554. The predicted molar refractivity (Wildman–Crippen MR) is 56.9 cm³/mol. The van der Waals surface area contributed by atoms with Gasteiger partial charge in [-0.1, -0.05) is 12.1 Å². The van der Waals surface area contributed by atoms with Crippen molar-refractivity contribution in [1.82, 2.24) is 4.90 Å². The highest BCUT2D eigenvalue weighted by Gasteiger charge is 2.35. The molecule has 1 aliphatic heterocycles. The van der Waals surface area contributed by atoms with Gasteiger partial charge in [0.2, 0.25) is 0 Å². The molecule has 1 aliphatic rings. The molecule has 0 fully saturated rings. The van der Waals surface area contributed by atoms with Gasteiger partial charge in [-0.15, -0.1) is 0 Å². The average Bonchev–Trinajstić information content (AvgIpc) is 2.55. The van der Waals surface area contributed by atoms with Gasteiger partial charge in [-0.3, -0.25) is 14.5 Å². The number of carbonyl (C=O) groups is 2. The van der Waals surface area contributed by atoms with Gasteiger partial charge in [0.15, 0.2) is 0 Å². The number of carbonyl (C=O) groups excluding carboxylic acids is 2. The van der Waals surface area contributed by atoms with Gasteiger partial charge in [-0.05, 0) is 12.1 Å². The summed E-state index contributed by atoms with van der Waals surface area (Å²) in [7, 11) is 0. The molecule has 1 aromatic rings. The van der Waals surface area contributed by atoms with Gasteiger partial charge in [0.05, 0.1) is 23.8 Å². The number of aliphatic hydroxyl groups is 1. The highest BCUT2D eigenvalue weighted by Crippen LogP contribution is 2.22. The van der Waals surface area contributed by atoms with E-state index in [2.05, 4.69) is 0 Å². The molecular weight excluding hydrogens is 208 g/mol. The molecular formula is C11H12N2O3. The van der Waals surface area contributed by atoms with Crippen LogP contribution < -0.4 is 5.73 Å². The second kappa shape index (κ2) is 4.03. The normalized spacial score (nSPS) is 16.5. The number of aliphatic hydroxyl groups excluding tert-OH is 1. The van der Waals surface area contributed by atoms with Gasteiger partial charge in [0.25, 0.3) is 11.8 Å². The summed E-state index contributed by atoms with van der Waals surface area (Å²) in [6.07, 6.45) is -0.873. The van der Waals surface area contributed by atoms with Crippen LogP contribution in [0.5, 0.6) is 0 Å². The van der Waals surface area contributed by atoms with E-state index in [1.165, 1.54) is 0 Å². The molecule has 0 spiro atoms. The van der Waals surface area contributed by atoms with Crippen molar-refractivity contribution in [3.63, 3.8) is 0 Å². The lowest BCUT2D eigenvalue weighted by Crippen LogP contribution is -2.39. The second-order valence-corrected chi connectivity index (χ2v) is 3.66. The number of hydrogen-bond acceptors (Lipinski definition) is 4. The van der Waals surface area contributed by atoms with Gasteiger partial charge in [0.1, 0.15) is 0 Å². The Hall–Kier alpha value is -1.72. The van der Waals surface area contributed by atoms with Gasteiger partial charge in [-0.2, -0.15) is 0 Å². The van der Waals surface area contributed by atoms with E-state index in [9.17, 15) is 14.7 Å². The fraction of sp³-hybridized carbons (Fsp3) is 0.273. The van der Waals surface area contributed by atoms with Crippen LogP contribution in [0, 0.1) is 0 Å². The molecule has 16 heavy (non-hydrogen) atoms. The summed E-state index contributed by atoms with van der Waals surface area (Å²) < 4.78 is 0. The molecule has 0 bridgehead atoms. The highest BCUT2D eigenvalue weighted by molar-refractivity contribution is 6.21. The number of amides is 2. The zero-order valence-corrected chi connectivity index (χ0v) is 8.59. The van der Waals surface area contributed by atoms with Crippen LogP contribution >= 0.6 is 0 Å². The van der Waals surface area contributed by atoms with E-state index in [-0.39, 0.29) is 24.9 Å². The van der Waals surface area contributed by atoms with Crippen molar-refractivity contribution in [2.45, 2.75) is 6.10 Å². The van der Waals surface area contributed by atoms with Crippen LogP contribution in [0.4, 0.5) is 0 Å². The van der Waals surface area contributed by atoms with Crippen molar-refractivity contribution in [3.8, 4) is 0 Å². The quantitative estimate of drug-likeness (QED) is 0.679. The van der Waals surface area contributed by atoms with E-state index in [1.807, 2.05) is 0 Å². The summed E-state index contributed by atoms with van der Waals surface area (Å²) in [4.78, 5) is 24.7. The zero-order chi connectivity index (χ0) is 11.7. The van der Waals surface area contributed by atoms with E-state index in [0.717, 1.165) is 4.90 Å². The van der Waals surface area contributed by atoms with Crippen molar-refractivity contribution in [3.05, 3.63) is 35.4 Å². The van der Waals surface area contributed by atoms with Crippen molar-refractivity contribution in [2.24, 2.45) is 5.73 Å². The van der Waals surface area contributed by atoms with Gasteiger partial charge < -0.3 is 10.8 Å². The molecule has 1 atom stereocenters. The lowest BCUT2D eigenvalue weighted by Gasteiger charge is -2.16. The maximum absolute atomic E-state index is 11.8. The number of nitrogens with zero attached hydrogens (tertiary/aromatic N) is 1. The Morgan fingerprint density at radius 2 is 1.69 bits per heavy atom. The molecule has 2 amide bonds. The topological polar surface area (TPSA) is 83.6 Å². The molecule has 1 aromatic carbocycles. The molecule has 0 aliphatic carbocycles. The Kier molecular flexibility index (Phi) is 2.72. The molecule has 0 unspecified atom stereocenters. The van der Waals surface area contributed by atoms with Crippen LogP contribution in [0.3, 0.4) is 0 Å². The summed E-state index contributed by atoms with van der Waals surface area (Å²) in [5, 5.41) is 9.36. The number of rotatable bonds is 3. The number of benzene rings is 1. The lowest BCUT2D eigenvalue weighted by atomic mass is 10.1. The summed E-state index contributed by atoms with van der Waals surface area (Å²) >= 11 is 0. The van der Waals surface area contributed by atoms with E-state index >= 15 is 0 Å². The smallest absolute Gasteiger partial charge is 0.261 e. The van der Waals surface area contributed by atoms with Gasteiger partial charge in [-0.25, -0.2) is 0 Å². The monoisotopic (exact) mass is 220 g/mol. The predicted octanol–water partition coefficient (Wildman–Crippen LogP) is -0.398. The first-order chi connectivity index (χ1) is 7.65. The van der Waals surface area contributed by atoms with Crippen molar-refractivity contribution < 1.29 is 14.7 Å². The molecule has 0 aromatic heterocycles. The Balaban J connectivity index is 2.28. The molecule has 1 heterocycles. The summed E-state index contributed by atoms with van der Waals surface area (Å²) in [6, 6.07) is 6.61. The fourth-order valence-corrected chi connectivity index (χ4v) is 1.69. The van der Waals surface area contributed by atoms with E-state index in [0.29, 0.717) is 11.1 Å². The number of β-amino-alcohol motifs (C(OH)–C–C–N with tert-alkyl or cyclic N) is 1. The Bertz CT molecular complexity index is 410. The highest BCUT2D eigenvalue weighted by atomic mass is 16.3. The maximum atomic E-state index is 11.8. The van der Waals surface area contributed by atoms with Crippen LogP contribution in [-0.2, 0) is 0 Å². The molecule has 0 saturated carbocycles. The Morgan fingerprint density at radius 3 is 2.12 bits per heavy atom. The number of fused-ring (bicyclic) bond motifs is 1. The van der Waals surface area contributed by atoms with Gasteiger partial charge >= 0.3 is 0 Å². The zero-order valence-electron chi connectivity index (χ0n) is 8.59. The van der Waals surface area contributed by atoms with E-state index in [1.54, 1.807) is 24.3 Å². The number of nitrogens with two attached hydrogens (primary N) is 1. The largest absolute Gasteiger partial charge is 0.390 e. The summed E-state index contributed by atoms with van der Waals surface area (Å²) in [5.74, 6) is -0.735. The van der Waals surface area contributed by atoms with Crippen molar-refractivity contribution in [1.29, 1.82) is 0 Å². The van der Waals surface area contributed by atoms with Crippen LogP contribution in [0.2, 0.25) is 0 Å². The average molecular weight is 220 g/mol. The Morgan fingerprint density at radius 1 is 1.19 bits per heavy atom. The summed E-state index contributed by atoms with van der Waals surface area (Å²) in [6.45, 7) is -0.0315. The minimum atomic E-state index is -0.873. The number of imide groups is 1. The molecule has 5 heteroatoms.